The first-order valence-corrected chi connectivity index (χ1v) is 4.36. The SMILES string of the molecule is CC.CCONc1ccccc1. The maximum Gasteiger partial charge on any atom is 0.0717 e. The summed E-state index contributed by atoms with van der Waals surface area (Å²) in [7, 11) is 0. The first-order valence-electron chi connectivity index (χ1n) is 4.36. The fourth-order valence-electron chi connectivity index (χ4n) is 0.662. The number of nitrogens with one attached hydrogen (secondary N) is 1. The second-order valence-electron chi connectivity index (χ2n) is 1.90. The number of benzene rings is 1. The van der Waals surface area contributed by atoms with Gasteiger partial charge in [0.1, 0.15) is 0 Å². The molecule has 0 fully saturated rings. The van der Waals surface area contributed by atoms with Crippen molar-refractivity contribution in [3.63, 3.8) is 0 Å². The monoisotopic (exact) mass is 167 g/mol. The lowest BCUT2D eigenvalue weighted by Crippen LogP contribution is -1.98. The van der Waals surface area contributed by atoms with Gasteiger partial charge in [0.05, 0.1) is 12.3 Å². The second-order valence-corrected chi connectivity index (χ2v) is 1.90. The molecule has 2 nitrogen and oxygen atoms in total. The molecule has 0 unspecified atom stereocenters. The highest BCUT2D eigenvalue weighted by Gasteiger charge is 1.84. The average Bonchev–Trinajstić information content (AvgIpc) is 2.19. The van der Waals surface area contributed by atoms with Crippen LogP contribution in [0.5, 0.6) is 0 Å². The predicted octanol–water partition coefficient (Wildman–Crippen LogP) is 3.08. The van der Waals surface area contributed by atoms with E-state index in [-0.39, 0.29) is 0 Å². The minimum Gasteiger partial charge on any atom is -0.276 e. The van der Waals surface area contributed by atoms with E-state index in [1.165, 1.54) is 0 Å². The second kappa shape index (κ2) is 8.08. The molecule has 0 saturated heterocycles. The Kier molecular flexibility index (Phi) is 7.39. The maximum atomic E-state index is 4.97. The normalized spacial score (nSPS) is 8.25. The maximum absolute atomic E-state index is 4.97. The van der Waals surface area contributed by atoms with Crippen molar-refractivity contribution < 1.29 is 4.84 Å². The van der Waals surface area contributed by atoms with Crippen LogP contribution in [-0.4, -0.2) is 6.61 Å². The highest BCUT2D eigenvalue weighted by molar-refractivity contribution is 5.39. The summed E-state index contributed by atoms with van der Waals surface area (Å²) in [6.45, 7) is 6.62. The summed E-state index contributed by atoms with van der Waals surface area (Å²) in [5.41, 5.74) is 3.78. The van der Waals surface area contributed by atoms with Crippen LogP contribution in [0.3, 0.4) is 0 Å². The van der Waals surface area contributed by atoms with Gasteiger partial charge in [-0.3, -0.25) is 10.3 Å². The molecule has 1 N–H and O–H groups in total. The molecule has 1 aromatic rings. The molecule has 68 valence electrons. The first-order chi connectivity index (χ1) is 5.93. The van der Waals surface area contributed by atoms with Gasteiger partial charge in [0, 0.05) is 0 Å². The number of hydrogen-bond acceptors (Lipinski definition) is 2. The molecule has 12 heavy (non-hydrogen) atoms. The molecule has 0 aromatic heterocycles. The van der Waals surface area contributed by atoms with Gasteiger partial charge < -0.3 is 0 Å². The van der Waals surface area contributed by atoms with E-state index >= 15 is 0 Å². The predicted molar refractivity (Wildman–Crippen MR) is 53.0 cm³/mol. The van der Waals surface area contributed by atoms with Gasteiger partial charge in [-0.15, -0.1) is 0 Å². The molecule has 1 aromatic carbocycles. The Hall–Kier alpha value is -1.02. The van der Waals surface area contributed by atoms with Crippen molar-refractivity contribution in [2.24, 2.45) is 0 Å². The topological polar surface area (TPSA) is 21.3 Å². The van der Waals surface area contributed by atoms with Crippen LogP contribution in [0.1, 0.15) is 20.8 Å². The number of para-hydroxylation sites is 1. The summed E-state index contributed by atoms with van der Waals surface area (Å²) in [6.07, 6.45) is 0. The van der Waals surface area contributed by atoms with E-state index in [4.69, 9.17) is 4.84 Å². The van der Waals surface area contributed by atoms with E-state index < -0.39 is 0 Å². The molecule has 2 heteroatoms. The third kappa shape index (κ3) is 4.74. The van der Waals surface area contributed by atoms with Crippen molar-refractivity contribution in [1.82, 2.24) is 0 Å². The number of hydrogen-bond donors (Lipinski definition) is 1. The van der Waals surface area contributed by atoms with Gasteiger partial charge >= 0.3 is 0 Å². The fraction of sp³-hybridized carbons (Fsp3) is 0.400. The molecule has 0 radical (unpaired) electrons. The molecule has 0 spiro atoms. The smallest absolute Gasteiger partial charge is 0.0717 e. The van der Waals surface area contributed by atoms with Gasteiger partial charge in [-0.25, -0.2) is 0 Å². The Labute approximate surface area is 74.5 Å². The quantitative estimate of drug-likeness (QED) is 0.698. The van der Waals surface area contributed by atoms with Crippen LogP contribution in [0, 0.1) is 0 Å². The van der Waals surface area contributed by atoms with Gasteiger partial charge in [-0.2, -0.15) is 0 Å². The summed E-state index contributed by atoms with van der Waals surface area (Å²) >= 11 is 0. The van der Waals surface area contributed by atoms with Gasteiger partial charge in [-0.1, -0.05) is 32.0 Å². The molecule has 0 atom stereocenters. The van der Waals surface area contributed by atoms with Crippen LogP contribution in [0.15, 0.2) is 30.3 Å². The lowest BCUT2D eigenvalue weighted by atomic mass is 10.3. The van der Waals surface area contributed by atoms with Crippen molar-refractivity contribution in [2.75, 3.05) is 12.1 Å². The zero-order valence-electron chi connectivity index (χ0n) is 8.00. The highest BCUT2D eigenvalue weighted by Crippen LogP contribution is 2.03. The lowest BCUT2D eigenvalue weighted by molar-refractivity contribution is 0.210. The number of anilines is 1. The van der Waals surface area contributed by atoms with Crippen molar-refractivity contribution in [3.8, 4) is 0 Å². The fourth-order valence-corrected chi connectivity index (χ4v) is 0.662. The third-order valence-corrected chi connectivity index (χ3v) is 1.11. The minimum absolute atomic E-state index is 0.675. The largest absolute Gasteiger partial charge is 0.276 e. The minimum atomic E-state index is 0.675. The van der Waals surface area contributed by atoms with Gasteiger partial charge in [-0.05, 0) is 19.1 Å². The lowest BCUT2D eigenvalue weighted by Gasteiger charge is -2.02. The van der Waals surface area contributed by atoms with E-state index in [0.29, 0.717) is 6.61 Å². The van der Waals surface area contributed by atoms with Crippen LogP contribution in [0.25, 0.3) is 0 Å². The van der Waals surface area contributed by atoms with Crippen molar-refractivity contribution in [3.05, 3.63) is 30.3 Å². The van der Waals surface area contributed by atoms with Crippen molar-refractivity contribution in [1.29, 1.82) is 0 Å². The molecular formula is C10H17NO. The van der Waals surface area contributed by atoms with Crippen LogP contribution in [0.4, 0.5) is 5.69 Å². The van der Waals surface area contributed by atoms with E-state index in [0.717, 1.165) is 5.69 Å². The Morgan fingerprint density at radius 1 is 1.17 bits per heavy atom. The standard InChI is InChI=1S/C8H11NO.C2H6/c1-2-10-9-8-6-4-3-5-7-8;1-2/h3-7,9H,2H2,1H3;1-2H3. The van der Waals surface area contributed by atoms with E-state index in [1.807, 2.05) is 51.1 Å². The zero-order chi connectivity index (χ0) is 9.23. The summed E-state index contributed by atoms with van der Waals surface area (Å²) in [5.74, 6) is 0. The molecule has 0 aliphatic heterocycles. The molecule has 0 saturated carbocycles. The summed E-state index contributed by atoms with van der Waals surface area (Å²) < 4.78 is 0. The summed E-state index contributed by atoms with van der Waals surface area (Å²) in [5, 5.41) is 0. The molecule has 1 rings (SSSR count). The van der Waals surface area contributed by atoms with Crippen molar-refractivity contribution in [2.45, 2.75) is 20.8 Å². The van der Waals surface area contributed by atoms with Gasteiger partial charge in [0.25, 0.3) is 0 Å². The van der Waals surface area contributed by atoms with Crippen LogP contribution < -0.4 is 5.48 Å². The zero-order valence-corrected chi connectivity index (χ0v) is 8.00. The molecule has 0 aliphatic rings. The van der Waals surface area contributed by atoms with Crippen LogP contribution in [0.2, 0.25) is 0 Å². The van der Waals surface area contributed by atoms with Crippen LogP contribution in [-0.2, 0) is 4.84 Å². The van der Waals surface area contributed by atoms with E-state index in [1.54, 1.807) is 0 Å². The molecule has 0 heterocycles. The molecule has 0 aliphatic carbocycles. The molecule has 0 amide bonds. The Morgan fingerprint density at radius 3 is 2.25 bits per heavy atom. The van der Waals surface area contributed by atoms with Crippen LogP contribution >= 0.6 is 0 Å². The Morgan fingerprint density at radius 2 is 1.75 bits per heavy atom. The van der Waals surface area contributed by atoms with E-state index in [9.17, 15) is 0 Å². The number of rotatable bonds is 3. The van der Waals surface area contributed by atoms with Gasteiger partial charge in [0.2, 0.25) is 0 Å². The molecular weight excluding hydrogens is 150 g/mol. The van der Waals surface area contributed by atoms with Crippen molar-refractivity contribution >= 4 is 5.69 Å². The third-order valence-electron chi connectivity index (χ3n) is 1.11. The highest BCUT2D eigenvalue weighted by atomic mass is 16.6. The molecule has 0 bridgehead atoms. The average molecular weight is 167 g/mol. The first kappa shape index (κ1) is 11.0. The summed E-state index contributed by atoms with van der Waals surface area (Å²) in [6, 6.07) is 9.80. The van der Waals surface area contributed by atoms with E-state index in [2.05, 4.69) is 5.48 Å². The van der Waals surface area contributed by atoms with Gasteiger partial charge in [0.15, 0.2) is 0 Å². The Balaban J connectivity index is 0.000000561. The Bertz CT molecular complexity index is 174. The summed E-state index contributed by atoms with van der Waals surface area (Å²) in [4.78, 5) is 4.97.